The molecule has 0 atom stereocenters. The number of ether oxygens (including phenoxy) is 1. The Morgan fingerprint density at radius 3 is 2.65 bits per heavy atom. The molecule has 6 heteroatoms. The van der Waals surface area contributed by atoms with Crippen LogP contribution in [0.5, 0.6) is 5.75 Å². The number of benzene rings is 1. The Balaban J connectivity index is 2.47. The first kappa shape index (κ1) is 15.3. The molecule has 0 aromatic heterocycles. The Kier molecular flexibility index (Phi) is 4.67. The molecule has 0 saturated carbocycles. The van der Waals surface area contributed by atoms with Gasteiger partial charge in [-0.3, -0.25) is 0 Å². The van der Waals surface area contributed by atoms with E-state index >= 15 is 0 Å². The summed E-state index contributed by atoms with van der Waals surface area (Å²) in [6.45, 7) is 6.36. The number of hydrogen-bond donors (Lipinski definition) is 1. The monoisotopic (exact) mass is 298 g/mol. The van der Waals surface area contributed by atoms with Gasteiger partial charge in [-0.15, -0.1) is 0 Å². The van der Waals surface area contributed by atoms with E-state index < -0.39 is 10.0 Å². The molecule has 1 fully saturated rings. The standard InChI is InChI=1S/C14H22N2O3S/c1-11-9-12(2)14(19-3)13(10-11)20(17,18)16-7-4-5-15-6-8-16/h9-10,15H,4-8H2,1-3H3. The van der Waals surface area contributed by atoms with Gasteiger partial charge in [-0.2, -0.15) is 4.31 Å². The summed E-state index contributed by atoms with van der Waals surface area (Å²) in [6, 6.07) is 3.63. The van der Waals surface area contributed by atoms with Gasteiger partial charge in [0.1, 0.15) is 10.6 Å². The van der Waals surface area contributed by atoms with Crippen LogP contribution in [-0.2, 0) is 10.0 Å². The minimum absolute atomic E-state index is 0.277. The van der Waals surface area contributed by atoms with Gasteiger partial charge in [0.05, 0.1) is 7.11 Å². The van der Waals surface area contributed by atoms with Crippen molar-refractivity contribution in [3.63, 3.8) is 0 Å². The Morgan fingerprint density at radius 1 is 1.20 bits per heavy atom. The van der Waals surface area contributed by atoms with Crippen molar-refractivity contribution in [2.75, 3.05) is 33.3 Å². The molecule has 0 spiro atoms. The van der Waals surface area contributed by atoms with Gasteiger partial charge in [0, 0.05) is 19.6 Å². The zero-order valence-corrected chi connectivity index (χ0v) is 13.1. The van der Waals surface area contributed by atoms with Crippen LogP contribution in [0.15, 0.2) is 17.0 Å². The van der Waals surface area contributed by atoms with Gasteiger partial charge in [0.2, 0.25) is 10.0 Å². The maximum Gasteiger partial charge on any atom is 0.246 e. The van der Waals surface area contributed by atoms with Crippen LogP contribution in [0.4, 0.5) is 0 Å². The highest BCUT2D eigenvalue weighted by atomic mass is 32.2. The lowest BCUT2D eigenvalue weighted by Crippen LogP contribution is -2.34. The van der Waals surface area contributed by atoms with Crippen LogP contribution < -0.4 is 10.1 Å². The van der Waals surface area contributed by atoms with Gasteiger partial charge in [-0.05, 0) is 44.0 Å². The number of nitrogens with one attached hydrogen (secondary N) is 1. The molecule has 112 valence electrons. The first-order valence-corrected chi connectivity index (χ1v) is 8.27. The van der Waals surface area contributed by atoms with Crippen LogP contribution in [0.25, 0.3) is 0 Å². The fourth-order valence-electron chi connectivity index (χ4n) is 2.57. The fourth-order valence-corrected chi connectivity index (χ4v) is 4.36. The highest BCUT2D eigenvalue weighted by Gasteiger charge is 2.29. The largest absolute Gasteiger partial charge is 0.495 e. The zero-order valence-electron chi connectivity index (χ0n) is 12.3. The predicted octanol–water partition coefficient (Wildman–Crippen LogP) is 1.30. The molecule has 20 heavy (non-hydrogen) atoms. The predicted molar refractivity (Wildman–Crippen MR) is 78.7 cm³/mol. The molecule has 1 N–H and O–H groups in total. The maximum absolute atomic E-state index is 12.8. The smallest absolute Gasteiger partial charge is 0.246 e. The Bertz CT molecular complexity index is 576. The number of nitrogens with zero attached hydrogens (tertiary/aromatic N) is 1. The van der Waals surface area contributed by atoms with E-state index in [4.69, 9.17) is 4.74 Å². The molecule has 0 amide bonds. The summed E-state index contributed by atoms with van der Waals surface area (Å²) in [7, 11) is -1.99. The van der Waals surface area contributed by atoms with Crippen molar-refractivity contribution in [2.24, 2.45) is 0 Å². The molecule has 0 radical (unpaired) electrons. The topological polar surface area (TPSA) is 58.6 Å². The van der Waals surface area contributed by atoms with Crippen molar-refractivity contribution in [3.8, 4) is 5.75 Å². The first-order valence-electron chi connectivity index (χ1n) is 6.83. The van der Waals surface area contributed by atoms with Crippen molar-refractivity contribution in [2.45, 2.75) is 25.2 Å². The van der Waals surface area contributed by atoms with E-state index in [0.717, 1.165) is 24.1 Å². The normalized spacial score (nSPS) is 17.8. The highest BCUT2D eigenvalue weighted by Crippen LogP contribution is 2.31. The second-order valence-corrected chi connectivity index (χ2v) is 7.03. The SMILES string of the molecule is COc1c(C)cc(C)cc1S(=O)(=O)N1CCCNCC1. The van der Waals surface area contributed by atoms with E-state index in [1.165, 1.54) is 7.11 Å². The molecule has 5 nitrogen and oxygen atoms in total. The van der Waals surface area contributed by atoms with Crippen molar-refractivity contribution < 1.29 is 13.2 Å². The molecule has 0 aliphatic carbocycles. The first-order chi connectivity index (χ1) is 9.46. The van der Waals surface area contributed by atoms with Gasteiger partial charge in [-0.25, -0.2) is 8.42 Å². The molecular weight excluding hydrogens is 276 g/mol. The molecule has 0 bridgehead atoms. The van der Waals surface area contributed by atoms with Crippen LogP contribution in [0, 0.1) is 13.8 Å². The molecule has 1 aromatic rings. The van der Waals surface area contributed by atoms with Gasteiger partial charge < -0.3 is 10.1 Å². The van der Waals surface area contributed by atoms with Crippen molar-refractivity contribution in [3.05, 3.63) is 23.3 Å². The van der Waals surface area contributed by atoms with Crippen LogP contribution >= 0.6 is 0 Å². The van der Waals surface area contributed by atoms with Gasteiger partial charge in [0.25, 0.3) is 0 Å². The number of rotatable bonds is 3. The summed E-state index contributed by atoms with van der Waals surface area (Å²) >= 11 is 0. The lowest BCUT2D eigenvalue weighted by Gasteiger charge is -2.22. The summed E-state index contributed by atoms with van der Waals surface area (Å²) in [4.78, 5) is 0.277. The third kappa shape index (κ3) is 2.97. The lowest BCUT2D eigenvalue weighted by molar-refractivity contribution is 0.390. The summed E-state index contributed by atoms with van der Waals surface area (Å²) in [5, 5.41) is 3.21. The van der Waals surface area contributed by atoms with E-state index in [2.05, 4.69) is 5.32 Å². The molecule has 0 unspecified atom stereocenters. The number of methoxy groups -OCH3 is 1. The number of aryl methyl sites for hydroxylation is 2. The highest BCUT2D eigenvalue weighted by molar-refractivity contribution is 7.89. The van der Waals surface area contributed by atoms with Crippen LogP contribution in [0.2, 0.25) is 0 Å². The van der Waals surface area contributed by atoms with Crippen molar-refractivity contribution >= 4 is 10.0 Å². The average Bonchev–Trinajstić information content (AvgIpc) is 2.67. The van der Waals surface area contributed by atoms with Gasteiger partial charge >= 0.3 is 0 Å². The van der Waals surface area contributed by atoms with E-state index in [1.54, 1.807) is 10.4 Å². The summed E-state index contributed by atoms with van der Waals surface area (Å²) < 4.78 is 32.5. The van der Waals surface area contributed by atoms with Crippen molar-refractivity contribution in [1.29, 1.82) is 0 Å². The van der Waals surface area contributed by atoms with Crippen molar-refractivity contribution in [1.82, 2.24) is 9.62 Å². The quantitative estimate of drug-likeness (QED) is 0.914. The zero-order chi connectivity index (χ0) is 14.8. The van der Waals surface area contributed by atoms with Crippen LogP contribution in [0.1, 0.15) is 17.5 Å². The minimum atomic E-state index is -3.50. The van der Waals surface area contributed by atoms with Crippen LogP contribution in [0.3, 0.4) is 0 Å². The third-order valence-corrected chi connectivity index (χ3v) is 5.41. The number of sulfonamides is 1. The molecule has 1 heterocycles. The summed E-state index contributed by atoms with van der Waals surface area (Å²) in [6.07, 6.45) is 0.826. The second-order valence-electron chi connectivity index (χ2n) is 5.12. The Morgan fingerprint density at radius 2 is 1.95 bits per heavy atom. The average molecular weight is 298 g/mol. The molecule has 2 rings (SSSR count). The van der Waals surface area contributed by atoms with E-state index in [-0.39, 0.29) is 4.90 Å². The number of hydrogen-bond acceptors (Lipinski definition) is 4. The third-order valence-electron chi connectivity index (χ3n) is 3.51. The molecule has 1 aliphatic rings. The summed E-state index contributed by atoms with van der Waals surface area (Å²) in [5.41, 5.74) is 1.77. The van der Waals surface area contributed by atoms with E-state index in [9.17, 15) is 8.42 Å². The summed E-state index contributed by atoms with van der Waals surface area (Å²) in [5.74, 6) is 0.452. The minimum Gasteiger partial charge on any atom is -0.495 e. The van der Waals surface area contributed by atoms with Crippen LogP contribution in [-0.4, -0.2) is 46.0 Å². The molecular formula is C14H22N2O3S. The van der Waals surface area contributed by atoms with Gasteiger partial charge in [-0.1, -0.05) is 6.07 Å². The van der Waals surface area contributed by atoms with E-state index in [1.807, 2.05) is 19.9 Å². The van der Waals surface area contributed by atoms with E-state index in [0.29, 0.717) is 25.4 Å². The second kappa shape index (κ2) is 6.11. The lowest BCUT2D eigenvalue weighted by atomic mass is 10.1. The molecule has 1 saturated heterocycles. The molecule has 1 aromatic carbocycles. The van der Waals surface area contributed by atoms with Gasteiger partial charge in [0.15, 0.2) is 0 Å². The Labute approximate surface area is 121 Å². The Hall–Kier alpha value is -1.11. The maximum atomic E-state index is 12.8. The molecule has 1 aliphatic heterocycles. The fraction of sp³-hybridized carbons (Fsp3) is 0.571.